The van der Waals surface area contributed by atoms with Crippen LogP contribution in [0, 0.1) is 17.0 Å². The van der Waals surface area contributed by atoms with Gasteiger partial charge in [-0.3, -0.25) is 10.1 Å². The number of rotatable bonds is 8. The van der Waals surface area contributed by atoms with Gasteiger partial charge in [-0.15, -0.1) is 0 Å². The molecule has 8 heteroatoms. The van der Waals surface area contributed by atoms with Crippen LogP contribution in [0.1, 0.15) is 11.1 Å². The van der Waals surface area contributed by atoms with Crippen molar-refractivity contribution in [2.24, 2.45) is 0 Å². The maximum Gasteiger partial charge on any atom is 0.278 e. The van der Waals surface area contributed by atoms with Crippen molar-refractivity contribution >= 4 is 22.7 Å². The Balaban J connectivity index is 1.37. The second-order valence-corrected chi connectivity index (χ2v) is 8.30. The van der Waals surface area contributed by atoms with Crippen molar-refractivity contribution < 1.29 is 14.4 Å². The zero-order valence-corrected chi connectivity index (χ0v) is 19.8. The predicted octanol–water partition coefficient (Wildman–Crippen LogP) is 4.86. The van der Waals surface area contributed by atoms with Crippen LogP contribution in [0.15, 0.2) is 60.7 Å². The molecule has 1 aliphatic rings. The fourth-order valence-electron chi connectivity index (χ4n) is 4.19. The molecule has 3 aromatic carbocycles. The van der Waals surface area contributed by atoms with Crippen LogP contribution < -0.4 is 24.6 Å². The van der Waals surface area contributed by atoms with E-state index in [1.54, 1.807) is 6.07 Å². The lowest BCUT2D eigenvalue weighted by Gasteiger charge is -2.37. The molecule has 0 bridgehead atoms. The quantitative estimate of drug-likeness (QED) is 0.378. The number of nitrogens with one attached hydrogen (secondary N) is 1. The van der Waals surface area contributed by atoms with E-state index >= 15 is 0 Å². The van der Waals surface area contributed by atoms with E-state index < -0.39 is 4.92 Å². The number of hydrogen-bond donors (Lipinski definition) is 1. The van der Waals surface area contributed by atoms with Crippen molar-refractivity contribution in [1.82, 2.24) is 0 Å². The molecule has 1 saturated heterocycles. The lowest BCUT2D eigenvalue weighted by molar-refractivity contribution is -0.385. The maximum atomic E-state index is 11.5. The normalized spacial score (nSPS) is 13.5. The van der Waals surface area contributed by atoms with Gasteiger partial charge in [0, 0.05) is 49.8 Å². The van der Waals surface area contributed by atoms with Gasteiger partial charge in [-0.1, -0.05) is 17.7 Å². The van der Waals surface area contributed by atoms with Crippen LogP contribution in [-0.2, 0) is 6.54 Å². The number of piperazine rings is 1. The van der Waals surface area contributed by atoms with Gasteiger partial charge in [0.25, 0.3) is 5.69 Å². The Kier molecular flexibility index (Phi) is 7.06. The molecule has 0 amide bonds. The highest BCUT2D eigenvalue weighted by atomic mass is 16.6. The minimum absolute atomic E-state index is 0.00628. The molecular weight excluding hydrogens is 432 g/mol. The summed E-state index contributed by atoms with van der Waals surface area (Å²) in [6.07, 6.45) is 0. The molecule has 0 aromatic heterocycles. The van der Waals surface area contributed by atoms with E-state index in [1.165, 1.54) is 37.2 Å². The molecule has 1 heterocycles. The minimum atomic E-state index is -0.404. The molecule has 0 radical (unpaired) electrons. The minimum Gasteiger partial charge on any atom is -0.493 e. The summed E-state index contributed by atoms with van der Waals surface area (Å²) in [6.45, 7) is 6.27. The highest BCUT2D eigenvalue weighted by molar-refractivity contribution is 5.59. The molecule has 0 unspecified atom stereocenters. The molecule has 178 valence electrons. The van der Waals surface area contributed by atoms with Crippen molar-refractivity contribution in [2.45, 2.75) is 13.5 Å². The predicted molar refractivity (Wildman–Crippen MR) is 136 cm³/mol. The van der Waals surface area contributed by atoms with Gasteiger partial charge in [0.1, 0.15) is 0 Å². The summed E-state index contributed by atoms with van der Waals surface area (Å²) in [5.41, 5.74) is 5.13. The number of aryl methyl sites for hydroxylation is 1. The third-order valence-electron chi connectivity index (χ3n) is 6.18. The second-order valence-electron chi connectivity index (χ2n) is 8.30. The van der Waals surface area contributed by atoms with Crippen LogP contribution >= 0.6 is 0 Å². The molecule has 0 aliphatic carbocycles. The lowest BCUT2D eigenvalue weighted by Crippen LogP contribution is -2.46. The molecule has 1 aliphatic heterocycles. The molecule has 1 fully saturated rings. The zero-order valence-electron chi connectivity index (χ0n) is 19.8. The Hall–Kier alpha value is -3.94. The standard InChI is InChI=1S/C26H30N4O4/c1-19-4-8-22(9-5-19)28-12-14-29(15-13-28)23-10-6-21(7-11-23)27-18-20-16-25(33-2)26(34-3)17-24(20)30(31)32/h4-11,16-17,27H,12-15,18H2,1-3H3. The molecule has 1 N–H and O–H groups in total. The smallest absolute Gasteiger partial charge is 0.278 e. The van der Waals surface area contributed by atoms with E-state index in [-0.39, 0.29) is 5.69 Å². The van der Waals surface area contributed by atoms with Gasteiger partial charge in [-0.2, -0.15) is 0 Å². The number of methoxy groups -OCH3 is 2. The van der Waals surface area contributed by atoms with Crippen LogP contribution in [0.5, 0.6) is 11.5 Å². The van der Waals surface area contributed by atoms with Gasteiger partial charge in [0.05, 0.1) is 30.8 Å². The third-order valence-corrected chi connectivity index (χ3v) is 6.18. The molecule has 4 rings (SSSR count). The summed E-state index contributed by atoms with van der Waals surface area (Å²) < 4.78 is 10.5. The Morgan fingerprint density at radius 2 is 1.35 bits per heavy atom. The van der Waals surface area contributed by atoms with Crippen molar-refractivity contribution in [3.8, 4) is 11.5 Å². The first-order valence-corrected chi connectivity index (χ1v) is 11.3. The first kappa shape index (κ1) is 23.2. The summed E-state index contributed by atoms with van der Waals surface area (Å²) in [6, 6.07) is 19.9. The molecule has 3 aromatic rings. The number of nitro groups is 1. The van der Waals surface area contributed by atoms with Crippen molar-refractivity contribution in [3.63, 3.8) is 0 Å². The first-order chi connectivity index (χ1) is 16.5. The van der Waals surface area contributed by atoms with Gasteiger partial charge < -0.3 is 24.6 Å². The van der Waals surface area contributed by atoms with Crippen molar-refractivity contribution in [1.29, 1.82) is 0 Å². The summed E-state index contributed by atoms with van der Waals surface area (Å²) in [5, 5.41) is 14.8. The van der Waals surface area contributed by atoms with Crippen LogP contribution in [0.4, 0.5) is 22.7 Å². The average Bonchev–Trinajstić information content (AvgIpc) is 2.87. The number of ether oxygens (including phenoxy) is 2. The monoisotopic (exact) mass is 462 g/mol. The van der Waals surface area contributed by atoms with Gasteiger partial charge in [-0.05, 0) is 49.4 Å². The Morgan fingerprint density at radius 3 is 1.85 bits per heavy atom. The lowest BCUT2D eigenvalue weighted by atomic mass is 10.1. The first-order valence-electron chi connectivity index (χ1n) is 11.3. The number of benzene rings is 3. The highest BCUT2D eigenvalue weighted by Crippen LogP contribution is 2.35. The van der Waals surface area contributed by atoms with Gasteiger partial charge in [0.2, 0.25) is 0 Å². The molecule has 8 nitrogen and oxygen atoms in total. The second kappa shape index (κ2) is 10.3. The van der Waals surface area contributed by atoms with E-state index in [4.69, 9.17) is 9.47 Å². The Morgan fingerprint density at radius 1 is 0.853 bits per heavy atom. The van der Waals surface area contributed by atoms with E-state index in [9.17, 15) is 10.1 Å². The summed E-state index contributed by atoms with van der Waals surface area (Å²) in [4.78, 5) is 15.9. The van der Waals surface area contributed by atoms with Crippen molar-refractivity contribution in [3.05, 3.63) is 81.9 Å². The average molecular weight is 463 g/mol. The fraction of sp³-hybridized carbons (Fsp3) is 0.308. The molecule has 34 heavy (non-hydrogen) atoms. The topological polar surface area (TPSA) is 80.1 Å². The number of hydrogen-bond acceptors (Lipinski definition) is 7. The largest absolute Gasteiger partial charge is 0.493 e. The van der Waals surface area contributed by atoms with Gasteiger partial charge >= 0.3 is 0 Å². The third kappa shape index (κ3) is 5.17. The van der Waals surface area contributed by atoms with E-state index in [0.717, 1.165) is 31.9 Å². The fourth-order valence-corrected chi connectivity index (χ4v) is 4.19. The highest BCUT2D eigenvalue weighted by Gasteiger charge is 2.20. The van der Waals surface area contributed by atoms with Crippen LogP contribution in [0.25, 0.3) is 0 Å². The summed E-state index contributed by atoms with van der Waals surface area (Å²) in [7, 11) is 2.98. The van der Waals surface area contributed by atoms with E-state index in [2.05, 4.69) is 58.4 Å². The van der Waals surface area contributed by atoms with Gasteiger partial charge in [0.15, 0.2) is 11.5 Å². The van der Waals surface area contributed by atoms with Gasteiger partial charge in [-0.25, -0.2) is 0 Å². The zero-order chi connectivity index (χ0) is 24.1. The number of nitrogens with zero attached hydrogens (tertiary/aromatic N) is 3. The summed E-state index contributed by atoms with van der Waals surface area (Å²) in [5.74, 6) is 0.801. The molecule has 0 spiro atoms. The maximum absolute atomic E-state index is 11.5. The van der Waals surface area contributed by atoms with E-state index in [1.807, 2.05) is 12.1 Å². The van der Waals surface area contributed by atoms with Crippen LogP contribution in [0.2, 0.25) is 0 Å². The van der Waals surface area contributed by atoms with Crippen LogP contribution in [-0.4, -0.2) is 45.3 Å². The Bertz CT molecular complexity index is 1120. The van der Waals surface area contributed by atoms with Crippen LogP contribution in [0.3, 0.4) is 0 Å². The molecular formula is C26H30N4O4. The number of nitro benzene ring substituents is 1. The summed E-state index contributed by atoms with van der Waals surface area (Å²) >= 11 is 0. The van der Waals surface area contributed by atoms with E-state index in [0.29, 0.717) is 23.6 Å². The number of anilines is 3. The molecule has 0 saturated carbocycles. The van der Waals surface area contributed by atoms with Crippen molar-refractivity contribution in [2.75, 3.05) is 55.5 Å². The molecule has 0 atom stereocenters. The SMILES string of the molecule is COc1cc(CNc2ccc(N3CCN(c4ccc(C)cc4)CC3)cc2)c([N+](=O)[O-])cc1OC. The Labute approximate surface area is 199 Å².